The summed E-state index contributed by atoms with van der Waals surface area (Å²) in [4.78, 5) is 25.2. The Morgan fingerprint density at radius 3 is 2.79 bits per heavy atom. The van der Waals surface area contributed by atoms with Crippen LogP contribution in [0.25, 0.3) is 11.6 Å². The number of rotatable bonds is 9. The van der Waals surface area contributed by atoms with Crippen LogP contribution in [0.5, 0.6) is 0 Å². The zero-order chi connectivity index (χ0) is 20.1. The van der Waals surface area contributed by atoms with Crippen molar-refractivity contribution >= 4 is 34.8 Å². The van der Waals surface area contributed by atoms with Gasteiger partial charge in [0.1, 0.15) is 0 Å². The molecule has 0 fully saturated rings. The van der Waals surface area contributed by atoms with Crippen molar-refractivity contribution in [1.29, 1.82) is 0 Å². The first-order valence-electron chi connectivity index (χ1n) is 8.90. The van der Waals surface area contributed by atoms with Crippen LogP contribution in [-0.4, -0.2) is 32.2 Å². The SMILES string of the molecule is CC(=O)NCc1ccc(C(=O)CSc2nnc(-c3ccco3)n2CC(C)C)s1. The van der Waals surface area contributed by atoms with Crippen LogP contribution in [0.15, 0.2) is 40.1 Å². The van der Waals surface area contributed by atoms with E-state index in [4.69, 9.17) is 4.42 Å². The zero-order valence-electron chi connectivity index (χ0n) is 16.0. The number of hydrogen-bond acceptors (Lipinski definition) is 7. The Morgan fingerprint density at radius 2 is 2.11 bits per heavy atom. The molecule has 0 aliphatic carbocycles. The molecule has 1 amide bonds. The van der Waals surface area contributed by atoms with Gasteiger partial charge in [0.2, 0.25) is 5.91 Å². The first-order valence-corrected chi connectivity index (χ1v) is 10.7. The number of thioether (sulfide) groups is 1. The van der Waals surface area contributed by atoms with Gasteiger partial charge in [0, 0.05) is 18.3 Å². The molecule has 0 aromatic carbocycles. The van der Waals surface area contributed by atoms with Gasteiger partial charge in [-0.3, -0.25) is 14.2 Å². The molecule has 3 aromatic rings. The molecule has 0 saturated heterocycles. The van der Waals surface area contributed by atoms with Crippen LogP contribution in [0.2, 0.25) is 0 Å². The molecule has 148 valence electrons. The van der Waals surface area contributed by atoms with Crippen molar-refractivity contribution in [2.45, 2.75) is 39.0 Å². The van der Waals surface area contributed by atoms with Crippen LogP contribution in [0.4, 0.5) is 0 Å². The molecule has 0 spiro atoms. The summed E-state index contributed by atoms with van der Waals surface area (Å²) >= 11 is 2.77. The maximum Gasteiger partial charge on any atom is 0.217 e. The van der Waals surface area contributed by atoms with Crippen LogP contribution >= 0.6 is 23.1 Å². The van der Waals surface area contributed by atoms with E-state index in [1.165, 1.54) is 30.0 Å². The minimum Gasteiger partial charge on any atom is -0.461 e. The van der Waals surface area contributed by atoms with E-state index in [9.17, 15) is 9.59 Å². The first-order chi connectivity index (χ1) is 13.4. The van der Waals surface area contributed by atoms with Crippen LogP contribution in [-0.2, 0) is 17.9 Å². The van der Waals surface area contributed by atoms with Crippen molar-refractivity contribution < 1.29 is 14.0 Å². The van der Waals surface area contributed by atoms with Crippen molar-refractivity contribution in [3.63, 3.8) is 0 Å². The smallest absolute Gasteiger partial charge is 0.217 e. The predicted octanol–water partition coefficient (Wildman–Crippen LogP) is 3.87. The summed E-state index contributed by atoms with van der Waals surface area (Å²) in [6.07, 6.45) is 1.61. The zero-order valence-corrected chi connectivity index (χ0v) is 17.6. The first kappa shape index (κ1) is 20.3. The average molecular weight is 419 g/mol. The molecule has 0 bridgehead atoms. The molecule has 7 nitrogen and oxygen atoms in total. The van der Waals surface area contributed by atoms with E-state index in [0.29, 0.717) is 34.1 Å². The number of nitrogens with one attached hydrogen (secondary N) is 1. The van der Waals surface area contributed by atoms with Gasteiger partial charge in [0.15, 0.2) is 22.5 Å². The number of furan rings is 1. The highest BCUT2D eigenvalue weighted by molar-refractivity contribution is 7.99. The number of hydrogen-bond donors (Lipinski definition) is 1. The quantitative estimate of drug-likeness (QED) is 0.419. The molecule has 0 aliphatic heterocycles. The third kappa shape index (κ3) is 5.11. The van der Waals surface area contributed by atoms with Gasteiger partial charge in [-0.15, -0.1) is 21.5 Å². The van der Waals surface area contributed by atoms with Crippen LogP contribution in [0.3, 0.4) is 0 Å². The fraction of sp³-hybridized carbons (Fsp3) is 0.368. The molecule has 28 heavy (non-hydrogen) atoms. The van der Waals surface area contributed by atoms with Crippen molar-refractivity contribution in [3.05, 3.63) is 40.3 Å². The molecule has 0 atom stereocenters. The standard InChI is InChI=1S/C19H22N4O3S2/c1-12(2)10-23-18(16-5-4-8-26-16)21-22-19(23)27-11-15(25)17-7-6-14(28-17)9-20-13(3)24/h4-8,12H,9-11H2,1-3H3,(H,20,24). The lowest BCUT2D eigenvalue weighted by Gasteiger charge is -2.11. The Bertz CT molecular complexity index is 944. The lowest BCUT2D eigenvalue weighted by Crippen LogP contribution is -2.18. The van der Waals surface area contributed by atoms with Crippen molar-refractivity contribution in [1.82, 2.24) is 20.1 Å². The van der Waals surface area contributed by atoms with E-state index in [1.807, 2.05) is 22.8 Å². The van der Waals surface area contributed by atoms with Gasteiger partial charge in [-0.25, -0.2) is 0 Å². The summed E-state index contributed by atoms with van der Waals surface area (Å²) in [6.45, 7) is 6.89. The molecule has 3 aromatic heterocycles. The van der Waals surface area contributed by atoms with Gasteiger partial charge >= 0.3 is 0 Å². The van der Waals surface area contributed by atoms with Crippen molar-refractivity contribution in [2.75, 3.05) is 5.75 Å². The second-order valence-corrected chi connectivity index (χ2v) is 8.79. The van der Waals surface area contributed by atoms with E-state index in [0.717, 1.165) is 11.4 Å². The minimum atomic E-state index is -0.0892. The fourth-order valence-corrected chi connectivity index (χ4v) is 4.36. The lowest BCUT2D eigenvalue weighted by atomic mass is 10.2. The summed E-state index contributed by atoms with van der Waals surface area (Å²) in [5.74, 6) is 1.94. The van der Waals surface area contributed by atoms with Gasteiger partial charge in [0.25, 0.3) is 0 Å². The van der Waals surface area contributed by atoms with Crippen LogP contribution < -0.4 is 5.32 Å². The number of amides is 1. The molecule has 9 heteroatoms. The molecule has 1 N–H and O–H groups in total. The number of aromatic nitrogens is 3. The Kier molecular flexibility index (Phi) is 6.69. The monoisotopic (exact) mass is 418 g/mol. The summed E-state index contributed by atoms with van der Waals surface area (Å²) in [6, 6.07) is 7.34. The number of Topliss-reactive ketones (excluding diaryl/α,β-unsaturated/α-hetero) is 1. The van der Waals surface area contributed by atoms with Crippen LogP contribution in [0.1, 0.15) is 35.3 Å². The number of ketones is 1. The van der Waals surface area contributed by atoms with Gasteiger partial charge in [-0.2, -0.15) is 0 Å². The van der Waals surface area contributed by atoms with Gasteiger partial charge < -0.3 is 9.73 Å². The number of thiophene rings is 1. The second-order valence-electron chi connectivity index (χ2n) is 6.68. The Labute approximate surface area is 171 Å². The molecule has 0 radical (unpaired) electrons. The maximum absolute atomic E-state index is 12.6. The molecule has 3 rings (SSSR count). The van der Waals surface area contributed by atoms with E-state index >= 15 is 0 Å². The summed E-state index contributed by atoms with van der Waals surface area (Å²) in [5.41, 5.74) is 0. The summed E-state index contributed by atoms with van der Waals surface area (Å²) < 4.78 is 7.46. The minimum absolute atomic E-state index is 0.0303. The van der Waals surface area contributed by atoms with E-state index < -0.39 is 0 Å². The molecule has 3 heterocycles. The third-order valence-electron chi connectivity index (χ3n) is 3.79. The normalized spacial score (nSPS) is 11.1. The van der Waals surface area contributed by atoms with Crippen molar-refractivity contribution in [2.24, 2.45) is 5.92 Å². The van der Waals surface area contributed by atoms with Crippen molar-refractivity contribution in [3.8, 4) is 11.6 Å². The topological polar surface area (TPSA) is 90.0 Å². The van der Waals surface area contributed by atoms with Gasteiger partial charge in [0.05, 0.1) is 23.4 Å². The fourth-order valence-electron chi connectivity index (χ4n) is 2.55. The average Bonchev–Trinajstić information content (AvgIpc) is 3.38. The van der Waals surface area contributed by atoms with E-state index in [2.05, 4.69) is 29.4 Å². The number of carbonyl (C=O) groups is 2. The van der Waals surface area contributed by atoms with Crippen LogP contribution in [0, 0.1) is 5.92 Å². The summed E-state index contributed by atoms with van der Waals surface area (Å²) in [7, 11) is 0. The Morgan fingerprint density at radius 1 is 1.29 bits per heavy atom. The highest BCUT2D eigenvalue weighted by Gasteiger charge is 2.19. The number of carbonyl (C=O) groups excluding carboxylic acids is 2. The highest BCUT2D eigenvalue weighted by atomic mass is 32.2. The summed E-state index contributed by atoms with van der Waals surface area (Å²) in [5, 5.41) is 12.0. The Hall–Kier alpha value is -2.39. The number of nitrogens with zero attached hydrogens (tertiary/aromatic N) is 3. The molecule has 0 saturated carbocycles. The Balaban J connectivity index is 1.68. The highest BCUT2D eigenvalue weighted by Crippen LogP contribution is 2.27. The van der Waals surface area contributed by atoms with Gasteiger partial charge in [-0.05, 0) is 30.2 Å². The second kappa shape index (κ2) is 9.20. The lowest BCUT2D eigenvalue weighted by molar-refractivity contribution is -0.119. The van der Waals surface area contributed by atoms with Gasteiger partial charge in [-0.1, -0.05) is 25.6 Å². The maximum atomic E-state index is 12.6. The van der Waals surface area contributed by atoms with E-state index in [-0.39, 0.29) is 17.4 Å². The van der Waals surface area contributed by atoms with E-state index in [1.54, 1.807) is 12.3 Å². The molecular formula is C19H22N4O3S2. The predicted molar refractivity (Wildman–Crippen MR) is 109 cm³/mol. The molecule has 0 aliphatic rings. The molecular weight excluding hydrogens is 396 g/mol. The third-order valence-corrected chi connectivity index (χ3v) is 5.88. The molecule has 0 unspecified atom stereocenters. The largest absolute Gasteiger partial charge is 0.461 e.